The highest BCUT2D eigenvalue weighted by atomic mass is 31.1. The van der Waals surface area contributed by atoms with Gasteiger partial charge in [0.05, 0.1) is 0 Å². The monoisotopic (exact) mass is 710 g/mol. The van der Waals surface area contributed by atoms with Crippen LogP contribution in [0.25, 0.3) is 21.5 Å². The molecular weight excluding hydrogens is 674 g/mol. The Hall–Kier alpha value is -5.46. The van der Waals surface area contributed by atoms with Gasteiger partial charge in [-0.1, -0.05) is 159 Å². The summed E-state index contributed by atoms with van der Waals surface area (Å²) in [6.07, 6.45) is 0. The number of phenolic OH excluding ortho intramolecular Hbond substituents is 2. The Bertz CT molecular complexity index is 2430. The van der Waals surface area contributed by atoms with E-state index in [0.29, 0.717) is 0 Å². The zero-order chi connectivity index (χ0) is 35.4. The summed E-state index contributed by atoms with van der Waals surface area (Å²) in [5.41, 5.74) is 1.17. The summed E-state index contributed by atoms with van der Waals surface area (Å²) in [6.45, 7) is 4.34. The van der Waals surface area contributed by atoms with Crippen molar-refractivity contribution in [1.82, 2.24) is 0 Å². The lowest BCUT2D eigenvalue weighted by atomic mass is 9.75. The standard InChI is InChI=1S/C47H36O3P2/c1-47(2)39-27-33(48)29-43(51(35-19-5-3-6-20-35)41-25-13-17-31-15-9-11-23-37(31)41)45(39)50-46-40(47)28-34(49)30-44(46)52(36-21-7-4-8-22-36)42-26-14-18-32-16-10-12-24-38(32)42/h3-30,48-49H,1-2H3. The summed E-state index contributed by atoms with van der Waals surface area (Å²) in [5, 5.41) is 34.4. The predicted octanol–water partition coefficient (Wildman–Crippen LogP) is 9.35. The van der Waals surface area contributed by atoms with Gasteiger partial charge in [-0.15, -0.1) is 0 Å². The van der Waals surface area contributed by atoms with E-state index in [1.54, 1.807) is 0 Å². The summed E-state index contributed by atoms with van der Waals surface area (Å²) >= 11 is 0. The number of aromatic hydroxyl groups is 2. The van der Waals surface area contributed by atoms with Gasteiger partial charge in [-0.2, -0.15) is 0 Å². The Balaban J connectivity index is 1.32. The van der Waals surface area contributed by atoms with E-state index < -0.39 is 21.3 Å². The van der Waals surface area contributed by atoms with Crippen molar-refractivity contribution in [3.8, 4) is 23.0 Å². The minimum absolute atomic E-state index is 0.195. The number of phenols is 2. The van der Waals surface area contributed by atoms with Gasteiger partial charge in [0, 0.05) is 27.2 Å². The van der Waals surface area contributed by atoms with Crippen LogP contribution in [0.5, 0.6) is 23.0 Å². The zero-order valence-corrected chi connectivity index (χ0v) is 30.7. The van der Waals surface area contributed by atoms with Gasteiger partial charge in [0.15, 0.2) is 0 Å². The van der Waals surface area contributed by atoms with Gasteiger partial charge in [-0.3, -0.25) is 0 Å². The van der Waals surface area contributed by atoms with Crippen LogP contribution >= 0.6 is 15.8 Å². The first-order valence-electron chi connectivity index (χ1n) is 17.5. The van der Waals surface area contributed by atoms with E-state index in [1.807, 2.05) is 36.4 Å². The van der Waals surface area contributed by atoms with E-state index in [4.69, 9.17) is 4.74 Å². The second-order valence-corrected chi connectivity index (χ2v) is 18.1. The fourth-order valence-corrected chi connectivity index (χ4v) is 12.9. The first-order valence-corrected chi connectivity index (χ1v) is 20.2. The number of rotatable bonds is 6. The Morgan fingerprint density at radius 2 is 0.808 bits per heavy atom. The van der Waals surface area contributed by atoms with Crippen LogP contribution in [-0.4, -0.2) is 10.2 Å². The molecule has 0 spiro atoms. The van der Waals surface area contributed by atoms with Crippen molar-refractivity contribution in [3.63, 3.8) is 0 Å². The topological polar surface area (TPSA) is 49.7 Å². The van der Waals surface area contributed by atoms with Gasteiger partial charge in [-0.25, -0.2) is 0 Å². The van der Waals surface area contributed by atoms with Crippen molar-refractivity contribution < 1.29 is 14.9 Å². The molecule has 52 heavy (non-hydrogen) atoms. The van der Waals surface area contributed by atoms with Crippen molar-refractivity contribution in [1.29, 1.82) is 0 Å². The molecule has 1 heterocycles. The van der Waals surface area contributed by atoms with E-state index >= 15 is 0 Å². The fourth-order valence-electron chi connectivity index (χ4n) is 7.70. The molecule has 0 fully saturated rings. The van der Waals surface area contributed by atoms with Gasteiger partial charge in [0.2, 0.25) is 0 Å². The third kappa shape index (κ3) is 5.44. The van der Waals surface area contributed by atoms with E-state index in [2.05, 4.69) is 147 Å². The molecule has 8 aromatic rings. The molecular formula is C47H36O3P2. The average Bonchev–Trinajstić information content (AvgIpc) is 3.17. The minimum atomic E-state index is -1.18. The molecule has 0 radical (unpaired) electrons. The highest BCUT2D eigenvalue weighted by Gasteiger charge is 2.41. The molecule has 0 bridgehead atoms. The minimum Gasteiger partial charge on any atom is -0.508 e. The lowest BCUT2D eigenvalue weighted by Crippen LogP contribution is -2.33. The number of hydrogen-bond acceptors (Lipinski definition) is 3. The normalized spacial score (nSPS) is 14.3. The van der Waals surface area contributed by atoms with Crippen LogP contribution in [0.15, 0.2) is 170 Å². The molecule has 252 valence electrons. The highest BCUT2D eigenvalue weighted by molar-refractivity contribution is 7.81. The highest BCUT2D eigenvalue weighted by Crippen LogP contribution is 2.54. The summed E-state index contributed by atoms with van der Waals surface area (Å²) in [5.74, 6) is 1.93. The lowest BCUT2D eigenvalue weighted by molar-refractivity contribution is 0.413. The molecule has 2 atom stereocenters. The van der Waals surface area contributed by atoms with Crippen LogP contribution in [0.3, 0.4) is 0 Å². The molecule has 0 saturated carbocycles. The van der Waals surface area contributed by atoms with Crippen LogP contribution in [0.1, 0.15) is 25.0 Å². The van der Waals surface area contributed by atoms with Gasteiger partial charge in [-0.05, 0) is 82.9 Å². The van der Waals surface area contributed by atoms with Gasteiger partial charge in [0.25, 0.3) is 0 Å². The molecule has 3 nitrogen and oxygen atoms in total. The van der Waals surface area contributed by atoms with Crippen molar-refractivity contribution in [2.75, 3.05) is 0 Å². The third-order valence-corrected chi connectivity index (χ3v) is 15.2. The smallest absolute Gasteiger partial charge is 0.140 e. The second kappa shape index (κ2) is 12.9. The summed E-state index contributed by atoms with van der Waals surface area (Å²) < 4.78 is 7.37. The number of hydrogen-bond donors (Lipinski definition) is 2. The molecule has 9 rings (SSSR count). The average molecular weight is 711 g/mol. The van der Waals surface area contributed by atoms with Gasteiger partial charge < -0.3 is 14.9 Å². The SMILES string of the molecule is CC1(C)c2cc(O)cc(P(c3ccccc3)c3cccc4ccccc34)c2Oc2c(P(c3ccccc3)c3cccc4ccccc34)cc(O)cc21. The molecule has 1 aliphatic heterocycles. The van der Waals surface area contributed by atoms with Crippen LogP contribution in [0, 0.1) is 0 Å². The molecule has 8 aromatic carbocycles. The molecule has 0 aromatic heterocycles. The maximum atomic E-state index is 11.5. The molecule has 1 aliphatic rings. The van der Waals surface area contributed by atoms with Crippen LogP contribution in [0.4, 0.5) is 0 Å². The van der Waals surface area contributed by atoms with E-state index in [0.717, 1.165) is 33.2 Å². The second-order valence-electron chi connectivity index (χ2n) is 13.7. The third-order valence-electron chi connectivity index (χ3n) is 10.2. The van der Waals surface area contributed by atoms with Crippen molar-refractivity contribution in [2.45, 2.75) is 19.3 Å². The predicted molar refractivity (Wildman–Crippen MR) is 221 cm³/mol. The molecule has 0 saturated heterocycles. The van der Waals surface area contributed by atoms with Crippen LogP contribution in [-0.2, 0) is 5.41 Å². The molecule has 0 amide bonds. The first-order chi connectivity index (χ1) is 25.4. The Morgan fingerprint density at radius 3 is 1.25 bits per heavy atom. The number of ether oxygens (including phenoxy) is 1. The summed E-state index contributed by atoms with van der Waals surface area (Å²) in [7, 11) is -2.36. The van der Waals surface area contributed by atoms with Crippen LogP contribution < -0.4 is 36.6 Å². The van der Waals surface area contributed by atoms with Gasteiger partial charge in [0.1, 0.15) is 23.0 Å². The molecule has 2 N–H and O–H groups in total. The molecule has 2 unspecified atom stereocenters. The van der Waals surface area contributed by atoms with Crippen molar-refractivity contribution >= 4 is 69.2 Å². The lowest BCUT2D eigenvalue weighted by Gasteiger charge is -2.39. The fraction of sp³-hybridized carbons (Fsp3) is 0.0638. The Morgan fingerprint density at radius 1 is 0.423 bits per heavy atom. The summed E-state index contributed by atoms with van der Waals surface area (Å²) in [4.78, 5) is 0. The quantitative estimate of drug-likeness (QED) is 0.169. The summed E-state index contributed by atoms with van der Waals surface area (Å²) in [6, 6.07) is 58.7. The number of benzene rings is 8. The zero-order valence-electron chi connectivity index (χ0n) is 28.9. The Labute approximate surface area is 306 Å². The van der Waals surface area contributed by atoms with Crippen molar-refractivity contribution in [2.24, 2.45) is 0 Å². The maximum absolute atomic E-state index is 11.5. The largest absolute Gasteiger partial charge is 0.508 e. The number of fused-ring (bicyclic) bond motifs is 4. The molecule has 5 heteroatoms. The van der Waals surface area contributed by atoms with Crippen molar-refractivity contribution in [3.05, 3.63) is 181 Å². The first kappa shape index (κ1) is 32.4. The van der Waals surface area contributed by atoms with Crippen LogP contribution in [0.2, 0.25) is 0 Å². The molecule has 0 aliphatic carbocycles. The van der Waals surface area contributed by atoms with E-state index in [1.165, 1.54) is 42.8 Å². The van der Waals surface area contributed by atoms with Gasteiger partial charge >= 0.3 is 0 Å². The maximum Gasteiger partial charge on any atom is 0.140 e. The van der Waals surface area contributed by atoms with E-state index in [-0.39, 0.29) is 11.5 Å². The Kier molecular flexibility index (Phi) is 8.08. The van der Waals surface area contributed by atoms with E-state index in [9.17, 15) is 10.2 Å².